The first-order valence-electron chi connectivity index (χ1n) is 9.96. The van der Waals surface area contributed by atoms with Crippen molar-refractivity contribution in [3.05, 3.63) is 34.0 Å². The van der Waals surface area contributed by atoms with Crippen molar-refractivity contribution in [2.24, 2.45) is 11.8 Å². The van der Waals surface area contributed by atoms with E-state index in [9.17, 15) is 20.1 Å². The number of aromatic carboxylic acids is 1. The van der Waals surface area contributed by atoms with Gasteiger partial charge in [0.15, 0.2) is 0 Å². The molecule has 0 amide bonds. The van der Waals surface area contributed by atoms with Gasteiger partial charge >= 0.3 is 5.97 Å². The Balaban J connectivity index is 1.84. The number of aryl methyl sites for hydroxylation is 1. The zero-order valence-corrected chi connectivity index (χ0v) is 17.8. The lowest BCUT2D eigenvalue weighted by Crippen LogP contribution is -2.19. The monoisotopic (exact) mass is 430 g/mol. The van der Waals surface area contributed by atoms with Crippen molar-refractivity contribution in [1.82, 2.24) is 0 Å². The molecular weight excluding hydrogens is 400 g/mol. The first-order valence-corrected chi connectivity index (χ1v) is 11.2. The maximum absolute atomic E-state index is 11.0. The summed E-state index contributed by atoms with van der Waals surface area (Å²) in [5, 5.41) is 38.6. The van der Waals surface area contributed by atoms with Gasteiger partial charge in [0.05, 0.1) is 18.3 Å². The number of carboxylic acid groups (broad SMARTS) is 1. The molecule has 7 heteroatoms. The van der Waals surface area contributed by atoms with E-state index in [0.29, 0.717) is 24.1 Å². The summed E-state index contributed by atoms with van der Waals surface area (Å²) in [4.78, 5) is 12.4. The van der Waals surface area contributed by atoms with Crippen molar-refractivity contribution in [2.75, 3.05) is 0 Å². The summed E-state index contributed by atoms with van der Waals surface area (Å²) in [7, 11) is 0. The van der Waals surface area contributed by atoms with Gasteiger partial charge < -0.3 is 20.4 Å². The zero-order valence-electron chi connectivity index (χ0n) is 16.2. The third-order valence-corrected chi connectivity index (χ3v) is 7.02. The fraction of sp³-hybridized carbons (Fsp3) is 0.667. The van der Waals surface area contributed by atoms with Crippen molar-refractivity contribution in [1.29, 1.82) is 0 Å². The molecule has 158 valence electrons. The number of aliphatic hydroxyl groups is 3. The molecule has 0 saturated heterocycles. The summed E-state index contributed by atoms with van der Waals surface area (Å²) in [6.45, 7) is 1.74. The fourth-order valence-electron chi connectivity index (χ4n) is 3.85. The molecule has 28 heavy (non-hydrogen) atoms. The summed E-state index contributed by atoms with van der Waals surface area (Å²) >= 11 is 7.77. The van der Waals surface area contributed by atoms with Crippen LogP contribution in [0.2, 0.25) is 0 Å². The second-order valence-electron chi connectivity index (χ2n) is 7.76. The number of carbonyl (C=O) groups is 1. The molecule has 0 aliphatic heterocycles. The molecule has 0 aromatic carbocycles. The Hall–Kier alpha value is -0.920. The van der Waals surface area contributed by atoms with Crippen molar-refractivity contribution in [3.63, 3.8) is 0 Å². The smallest absolute Gasteiger partial charge is 0.345 e. The van der Waals surface area contributed by atoms with Crippen molar-refractivity contribution >= 4 is 28.9 Å². The van der Waals surface area contributed by atoms with E-state index in [1.54, 1.807) is 19.1 Å². The van der Waals surface area contributed by atoms with Gasteiger partial charge in [-0.25, -0.2) is 4.79 Å². The Morgan fingerprint density at radius 2 is 2.07 bits per heavy atom. The summed E-state index contributed by atoms with van der Waals surface area (Å²) < 4.78 is 0. The summed E-state index contributed by atoms with van der Waals surface area (Å²) in [5.74, 6) is -0.837. The average Bonchev–Trinajstić information content (AvgIpc) is 3.18. The van der Waals surface area contributed by atoms with Crippen LogP contribution in [0.1, 0.15) is 60.0 Å². The predicted molar refractivity (Wildman–Crippen MR) is 112 cm³/mol. The third kappa shape index (κ3) is 7.16. The van der Waals surface area contributed by atoms with E-state index in [4.69, 9.17) is 16.7 Å². The van der Waals surface area contributed by atoms with Crippen LogP contribution < -0.4 is 0 Å². The molecule has 0 unspecified atom stereocenters. The normalized spacial score (nSPS) is 27.3. The Labute approximate surface area is 175 Å². The van der Waals surface area contributed by atoms with Gasteiger partial charge in [0.1, 0.15) is 4.88 Å². The highest BCUT2D eigenvalue weighted by Crippen LogP contribution is 2.40. The molecule has 1 aliphatic rings. The van der Waals surface area contributed by atoms with Gasteiger partial charge in [0.25, 0.3) is 0 Å². The predicted octanol–water partition coefficient (Wildman–Crippen LogP) is 3.84. The number of thiophene rings is 1. The number of aliphatic hydroxyl groups excluding tert-OH is 3. The van der Waals surface area contributed by atoms with Crippen LogP contribution in [-0.4, -0.2) is 50.1 Å². The summed E-state index contributed by atoms with van der Waals surface area (Å²) in [6.07, 6.45) is 7.26. The lowest BCUT2D eigenvalue weighted by Gasteiger charge is -2.21. The Morgan fingerprint density at radius 1 is 1.32 bits per heavy atom. The molecule has 4 N–H and O–H groups in total. The standard InChI is InChI=1S/C21H31ClO5S/c1-13(23)4-2-5-14(24)8-10-17-16(18(22)12-19(17)25)7-3-6-15-9-11-20(28-15)21(26)27/h8-11,13-14,16-19,23-25H,2-7,12H2,1H3,(H,26,27)/t13-,14-,16+,17+,18+,19+/m0/s1. The number of halogens is 1. The van der Waals surface area contributed by atoms with Crippen LogP contribution in [0.25, 0.3) is 0 Å². The highest BCUT2D eigenvalue weighted by Gasteiger charge is 2.39. The Kier molecular flexibility index (Phi) is 9.44. The minimum atomic E-state index is -0.895. The second kappa shape index (κ2) is 11.3. The van der Waals surface area contributed by atoms with Crippen molar-refractivity contribution in [3.8, 4) is 0 Å². The topological polar surface area (TPSA) is 98.0 Å². The number of alkyl halides is 1. The highest BCUT2D eigenvalue weighted by atomic mass is 35.5. The second-order valence-corrected chi connectivity index (χ2v) is 9.48. The highest BCUT2D eigenvalue weighted by molar-refractivity contribution is 7.13. The zero-order chi connectivity index (χ0) is 20.7. The van der Waals surface area contributed by atoms with Gasteiger partial charge in [-0.15, -0.1) is 22.9 Å². The van der Waals surface area contributed by atoms with Crippen molar-refractivity contribution in [2.45, 2.75) is 75.6 Å². The molecule has 2 rings (SSSR count). The molecule has 1 aromatic heterocycles. The first kappa shape index (κ1) is 23.4. The van der Waals surface area contributed by atoms with E-state index < -0.39 is 18.2 Å². The van der Waals surface area contributed by atoms with E-state index >= 15 is 0 Å². The van der Waals surface area contributed by atoms with Crippen LogP contribution in [-0.2, 0) is 6.42 Å². The number of carboxylic acids is 1. The van der Waals surface area contributed by atoms with Crippen LogP contribution in [0.5, 0.6) is 0 Å². The van der Waals surface area contributed by atoms with E-state index in [-0.39, 0.29) is 23.3 Å². The van der Waals surface area contributed by atoms with Crippen LogP contribution in [0, 0.1) is 11.8 Å². The molecule has 5 nitrogen and oxygen atoms in total. The number of hydrogen-bond donors (Lipinski definition) is 4. The van der Waals surface area contributed by atoms with Crippen LogP contribution in [0.3, 0.4) is 0 Å². The SMILES string of the molecule is C[C@H](O)CCC[C@H](O)C=C[C@@H]1[C@@H](CCCc2ccc(C(=O)O)s2)[C@H](Cl)C[C@H]1O. The van der Waals surface area contributed by atoms with Crippen LogP contribution >= 0.6 is 22.9 Å². The maximum Gasteiger partial charge on any atom is 0.345 e. The molecule has 1 heterocycles. The quantitative estimate of drug-likeness (QED) is 0.316. The molecule has 1 fully saturated rings. The average molecular weight is 431 g/mol. The fourth-order valence-corrected chi connectivity index (χ4v) is 5.21. The summed E-state index contributed by atoms with van der Waals surface area (Å²) in [5.41, 5.74) is 0. The first-order chi connectivity index (χ1) is 13.3. The van der Waals surface area contributed by atoms with Gasteiger partial charge in [-0.3, -0.25) is 0 Å². The van der Waals surface area contributed by atoms with Crippen LogP contribution in [0.4, 0.5) is 0 Å². The molecule has 1 aliphatic carbocycles. The van der Waals surface area contributed by atoms with Crippen LogP contribution in [0.15, 0.2) is 24.3 Å². The van der Waals surface area contributed by atoms with Gasteiger partial charge in [-0.1, -0.05) is 12.2 Å². The third-order valence-electron chi connectivity index (χ3n) is 5.38. The molecule has 0 radical (unpaired) electrons. The minimum Gasteiger partial charge on any atom is -0.477 e. The Morgan fingerprint density at radius 3 is 2.71 bits per heavy atom. The minimum absolute atomic E-state index is 0.0770. The maximum atomic E-state index is 11.0. The van der Waals surface area contributed by atoms with Gasteiger partial charge in [0, 0.05) is 16.2 Å². The van der Waals surface area contributed by atoms with E-state index in [1.807, 2.05) is 12.1 Å². The molecular formula is C21H31ClO5S. The number of hydrogen-bond acceptors (Lipinski definition) is 5. The van der Waals surface area contributed by atoms with Crippen molar-refractivity contribution < 1.29 is 25.2 Å². The lowest BCUT2D eigenvalue weighted by atomic mass is 9.89. The molecule has 0 bridgehead atoms. The van der Waals surface area contributed by atoms with Gasteiger partial charge in [0.2, 0.25) is 0 Å². The molecule has 1 saturated carbocycles. The molecule has 1 aromatic rings. The largest absolute Gasteiger partial charge is 0.477 e. The molecule has 6 atom stereocenters. The van der Waals surface area contributed by atoms with Gasteiger partial charge in [-0.2, -0.15) is 0 Å². The molecule has 0 spiro atoms. The Bertz CT molecular complexity index is 644. The number of rotatable bonds is 11. The van der Waals surface area contributed by atoms with E-state index in [2.05, 4.69) is 0 Å². The van der Waals surface area contributed by atoms with E-state index in [0.717, 1.165) is 30.6 Å². The van der Waals surface area contributed by atoms with Gasteiger partial charge in [-0.05, 0) is 69.9 Å². The van der Waals surface area contributed by atoms with E-state index in [1.165, 1.54) is 11.3 Å². The lowest BCUT2D eigenvalue weighted by molar-refractivity contribution is 0.0702. The summed E-state index contributed by atoms with van der Waals surface area (Å²) in [6, 6.07) is 3.49.